The van der Waals surface area contributed by atoms with Crippen molar-refractivity contribution in [3.05, 3.63) is 71.9 Å². The van der Waals surface area contributed by atoms with Gasteiger partial charge in [-0.25, -0.2) is 9.97 Å². The van der Waals surface area contributed by atoms with Crippen LogP contribution in [-0.4, -0.2) is 21.4 Å². The lowest BCUT2D eigenvalue weighted by Gasteiger charge is -2.12. The third-order valence-electron chi connectivity index (χ3n) is 4.21. The summed E-state index contributed by atoms with van der Waals surface area (Å²) < 4.78 is 37.8. The molecule has 9 heteroatoms. The molecule has 0 radical (unpaired) electrons. The standard InChI is InChI=1S/C21H14F3N3OS2/c22-21(23,24)30-14-5-3-4-13(10-14)11-18(28)27-17-7-2-1-6-15(17)19-16-8-9-29-20(16)26-12-25-19/h1-10,12H,11H2,(H,27,28). The fourth-order valence-electron chi connectivity index (χ4n) is 3.04. The molecule has 2 aromatic carbocycles. The van der Waals surface area contributed by atoms with Crippen molar-refractivity contribution in [3.8, 4) is 11.3 Å². The van der Waals surface area contributed by atoms with Crippen molar-refractivity contribution in [2.24, 2.45) is 0 Å². The van der Waals surface area contributed by atoms with Crippen LogP contribution in [0.3, 0.4) is 0 Å². The van der Waals surface area contributed by atoms with Crippen molar-refractivity contribution in [2.75, 3.05) is 5.32 Å². The summed E-state index contributed by atoms with van der Waals surface area (Å²) in [6.07, 6.45) is 1.44. The monoisotopic (exact) mass is 445 g/mol. The van der Waals surface area contributed by atoms with E-state index in [9.17, 15) is 18.0 Å². The first kappa shape index (κ1) is 20.4. The molecule has 0 aliphatic carbocycles. The molecule has 0 fully saturated rings. The lowest BCUT2D eigenvalue weighted by Crippen LogP contribution is -2.15. The number of hydrogen-bond donors (Lipinski definition) is 1. The van der Waals surface area contributed by atoms with Crippen molar-refractivity contribution in [2.45, 2.75) is 16.8 Å². The number of para-hydroxylation sites is 1. The third-order valence-corrected chi connectivity index (χ3v) is 5.76. The van der Waals surface area contributed by atoms with Gasteiger partial charge in [-0.15, -0.1) is 11.3 Å². The molecule has 0 unspecified atom stereocenters. The van der Waals surface area contributed by atoms with E-state index < -0.39 is 5.51 Å². The number of rotatable bonds is 5. The van der Waals surface area contributed by atoms with Crippen molar-refractivity contribution in [3.63, 3.8) is 0 Å². The number of benzene rings is 2. The number of aromatic nitrogens is 2. The molecule has 0 saturated heterocycles. The molecule has 0 aliphatic rings. The van der Waals surface area contributed by atoms with Gasteiger partial charge in [-0.1, -0.05) is 30.3 Å². The zero-order valence-corrected chi connectivity index (χ0v) is 16.9. The van der Waals surface area contributed by atoms with Crippen LogP contribution in [0.4, 0.5) is 18.9 Å². The van der Waals surface area contributed by atoms with Gasteiger partial charge in [-0.2, -0.15) is 13.2 Å². The van der Waals surface area contributed by atoms with Gasteiger partial charge in [0.1, 0.15) is 11.2 Å². The molecule has 4 aromatic rings. The average Bonchev–Trinajstić information content (AvgIpc) is 3.16. The SMILES string of the molecule is O=C(Cc1cccc(SC(F)(F)F)c1)Nc1ccccc1-c1ncnc2sccc12. The van der Waals surface area contributed by atoms with Crippen LogP contribution >= 0.6 is 23.1 Å². The molecule has 0 spiro atoms. The summed E-state index contributed by atoms with van der Waals surface area (Å²) in [5.74, 6) is -0.327. The number of hydrogen-bond acceptors (Lipinski definition) is 5. The molecule has 0 bridgehead atoms. The van der Waals surface area contributed by atoms with E-state index in [1.54, 1.807) is 18.2 Å². The molecule has 2 aromatic heterocycles. The Morgan fingerprint density at radius 2 is 1.90 bits per heavy atom. The molecule has 0 saturated carbocycles. The number of nitrogens with one attached hydrogen (secondary N) is 1. The predicted molar refractivity (Wildman–Crippen MR) is 114 cm³/mol. The van der Waals surface area contributed by atoms with E-state index in [2.05, 4.69) is 15.3 Å². The number of thioether (sulfide) groups is 1. The number of carbonyl (C=O) groups excluding carboxylic acids is 1. The van der Waals surface area contributed by atoms with E-state index >= 15 is 0 Å². The molecular formula is C21H14F3N3OS2. The van der Waals surface area contributed by atoms with Gasteiger partial charge < -0.3 is 5.32 Å². The molecule has 1 N–H and O–H groups in total. The summed E-state index contributed by atoms with van der Waals surface area (Å²) >= 11 is 1.31. The van der Waals surface area contributed by atoms with Crippen LogP contribution in [0.15, 0.2) is 71.2 Å². The molecule has 4 rings (SSSR count). The second kappa shape index (κ2) is 8.45. The van der Waals surface area contributed by atoms with Crippen molar-refractivity contribution in [1.29, 1.82) is 0 Å². The number of anilines is 1. The third kappa shape index (κ3) is 4.80. The minimum atomic E-state index is -4.37. The molecule has 30 heavy (non-hydrogen) atoms. The maximum Gasteiger partial charge on any atom is 0.446 e. The maximum absolute atomic E-state index is 12.6. The topological polar surface area (TPSA) is 54.9 Å². The molecule has 2 heterocycles. The smallest absolute Gasteiger partial charge is 0.325 e. The number of nitrogens with zero attached hydrogens (tertiary/aromatic N) is 2. The molecule has 0 aliphatic heterocycles. The van der Waals surface area contributed by atoms with Crippen molar-refractivity contribution < 1.29 is 18.0 Å². The molecule has 1 amide bonds. The quantitative estimate of drug-likeness (QED) is 0.374. The highest BCUT2D eigenvalue weighted by atomic mass is 32.2. The van der Waals surface area contributed by atoms with Crippen molar-refractivity contribution >= 4 is 44.9 Å². The Kier molecular flexibility index (Phi) is 5.74. The van der Waals surface area contributed by atoms with Crippen LogP contribution < -0.4 is 5.32 Å². The predicted octanol–water partition coefficient (Wildman–Crippen LogP) is 6.15. The molecular weight excluding hydrogens is 431 g/mol. The number of amides is 1. The average molecular weight is 445 g/mol. The number of fused-ring (bicyclic) bond motifs is 1. The largest absolute Gasteiger partial charge is 0.446 e. The van der Waals surface area contributed by atoms with E-state index in [0.29, 0.717) is 16.9 Å². The van der Waals surface area contributed by atoms with Crippen LogP contribution in [0.25, 0.3) is 21.5 Å². The first-order chi connectivity index (χ1) is 14.4. The van der Waals surface area contributed by atoms with E-state index in [0.717, 1.165) is 15.8 Å². The minimum Gasteiger partial charge on any atom is -0.325 e. The van der Waals surface area contributed by atoms with Crippen molar-refractivity contribution in [1.82, 2.24) is 9.97 Å². The van der Waals surface area contributed by atoms with Crippen LogP contribution in [-0.2, 0) is 11.2 Å². The number of carbonyl (C=O) groups is 1. The summed E-state index contributed by atoms with van der Waals surface area (Å²) in [5, 5.41) is 5.67. The summed E-state index contributed by atoms with van der Waals surface area (Å²) in [5.41, 5.74) is -1.83. The van der Waals surface area contributed by atoms with Gasteiger partial charge in [0.05, 0.1) is 17.8 Å². The van der Waals surface area contributed by atoms with E-state index in [4.69, 9.17) is 0 Å². The molecule has 0 atom stereocenters. The van der Waals surface area contributed by atoms with E-state index in [1.807, 2.05) is 23.6 Å². The second-order valence-corrected chi connectivity index (χ2v) is 8.36. The summed E-state index contributed by atoms with van der Waals surface area (Å²) in [6, 6.07) is 15.1. The Morgan fingerprint density at radius 3 is 2.73 bits per heavy atom. The van der Waals surface area contributed by atoms with Gasteiger partial charge in [-0.05, 0) is 47.0 Å². The maximum atomic E-state index is 12.6. The van der Waals surface area contributed by atoms with Gasteiger partial charge >= 0.3 is 5.51 Å². The van der Waals surface area contributed by atoms with Gasteiger partial charge in [0.2, 0.25) is 5.91 Å². The Bertz CT molecular complexity index is 1210. The Morgan fingerprint density at radius 1 is 1.07 bits per heavy atom. The lowest BCUT2D eigenvalue weighted by molar-refractivity contribution is -0.115. The van der Waals surface area contributed by atoms with Gasteiger partial charge in [0.25, 0.3) is 0 Å². The fourth-order valence-corrected chi connectivity index (χ4v) is 4.39. The minimum absolute atomic E-state index is 0.0434. The summed E-state index contributed by atoms with van der Waals surface area (Å²) in [7, 11) is 0. The second-order valence-electron chi connectivity index (χ2n) is 6.33. The van der Waals surface area contributed by atoms with E-state index in [1.165, 1.54) is 35.9 Å². The zero-order valence-electron chi connectivity index (χ0n) is 15.3. The summed E-state index contributed by atoms with van der Waals surface area (Å²) in [4.78, 5) is 22.1. The number of thiophene rings is 1. The van der Waals surface area contributed by atoms with Crippen LogP contribution in [0, 0.1) is 0 Å². The normalized spacial score (nSPS) is 11.6. The Balaban J connectivity index is 1.55. The fraction of sp³-hybridized carbons (Fsp3) is 0.0952. The van der Waals surface area contributed by atoms with Gasteiger partial charge in [0.15, 0.2) is 0 Å². The summed E-state index contributed by atoms with van der Waals surface area (Å²) in [6.45, 7) is 0. The Hall–Kier alpha value is -2.91. The highest BCUT2D eigenvalue weighted by molar-refractivity contribution is 8.00. The first-order valence-corrected chi connectivity index (χ1v) is 10.5. The van der Waals surface area contributed by atoms with Crippen LogP contribution in [0.5, 0.6) is 0 Å². The lowest BCUT2D eigenvalue weighted by atomic mass is 10.1. The van der Waals surface area contributed by atoms with Gasteiger partial charge in [0, 0.05) is 15.8 Å². The highest BCUT2D eigenvalue weighted by Gasteiger charge is 2.29. The van der Waals surface area contributed by atoms with Crippen LogP contribution in [0.1, 0.15) is 5.56 Å². The molecule has 152 valence electrons. The first-order valence-electron chi connectivity index (χ1n) is 8.81. The van der Waals surface area contributed by atoms with Gasteiger partial charge in [-0.3, -0.25) is 4.79 Å². The van der Waals surface area contributed by atoms with E-state index in [-0.39, 0.29) is 29.0 Å². The number of halogens is 3. The Labute approximate surface area is 178 Å². The highest BCUT2D eigenvalue weighted by Crippen LogP contribution is 2.37. The zero-order chi connectivity index (χ0) is 21.1. The van der Waals surface area contributed by atoms with Crippen LogP contribution in [0.2, 0.25) is 0 Å². The molecule has 4 nitrogen and oxygen atoms in total. The number of alkyl halides is 3.